The van der Waals surface area contributed by atoms with Gasteiger partial charge >= 0.3 is 0 Å². The van der Waals surface area contributed by atoms with E-state index in [0.29, 0.717) is 0 Å². The summed E-state index contributed by atoms with van der Waals surface area (Å²) in [5.74, 6) is 0. The van der Waals surface area contributed by atoms with Gasteiger partial charge in [0.05, 0.1) is 4.92 Å². The Morgan fingerprint density at radius 2 is 1.62 bits per heavy atom. The minimum Gasteiger partial charge on any atom is -0.304 e. The van der Waals surface area contributed by atoms with Crippen LogP contribution in [0, 0.1) is 10.1 Å². The van der Waals surface area contributed by atoms with E-state index in [1.165, 1.54) is 11.6 Å². The van der Waals surface area contributed by atoms with Gasteiger partial charge < -0.3 is 5.32 Å². The van der Waals surface area contributed by atoms with Crippen molar-refractivity contribution in [3.8, 4) is 0 Å². The number of halogens is 1. The smallest absolute Gasteiger partial charge is 0.269 e. The van der Waals surface area contributed by atoms with Crippen LogP contribution in [0.15, 0.2) is 53.0 Å². The standard InChI is InChI=1S/C16H17BrN2O2/c1-11(13-5-3-7-15(17)9-13)18-12(2)14-6-4-8-16(10-14)19(20)21/h3-12,18H,1-2H3. The molecule has 0 spiro atoms. The molecule has 5 heteroatoms. The maximum absolute atomic E-state index is 10.8. The quantitative estimate of drug-likeness (QED) is 0.625. The fraction of sp³-hybridized carbons (Fsp3) is 0.250. The summed E-state index contributed by atoms with van der Waals surface area (Å²) in [5.41, 5.74) is 2.20. The first kappa shape index (κ1) is 15.7. The Hall–Kier alpha value is -1.72. The predicted octanol–water partition coefficient (Wildman–Crippen LogP) is 4.77. The highest BCUT2D eigenvalue weighted by atomic mass is 79.9. The van der Waals surface area contributed by atoms with Gasteiger partial charge in [-0.3, -0.25) is 10.1 Å². The molecule has 110 valence electrons. The third kappa shape index (κ3) is 4.12. The van der Waals surface area contributed by atoms with Gasteiger partial charge in [0.15, 0.2) is 0 Å². The highest BCUT2D eigenvalue weighted by molar-refractivity contribution is 9.10. The van der Waals surface area contributed by atoms with Crippen LogP contribution >= 0.6 is 15.9 Å². The van der Waals surface area contributed by atoms with Gasteiger partial charge in [-0.15, -0.1) is 0 Å². The maximum atomic E-state index is 10.8. The first-order valence-electron chi connectivity index (χ1n) is 6.73. The molecule has 2 rings (SSSR count). The average molecular weight is 349 g/mol. The molecule has 0 fully saturated rings. The average Bonchev–Trinajstić information content (AvgIpc) is 2.47. The van der Waals surface area contributed by atoms with Crippen molar-refractivity contribution in [2.75, 3.05) is 0 Å². The molecule has 0 saturated heterocycles. The molecule has 0 saturated carbocycles. The summed E-state index contributed by atoms with van der Waals surface area (Å²) in [4.78, 5) is 10.5. The van der Waals surface area contributed by atoms with Gasteiger partial charge in [0.2, 0.25) is 0 Å². The lowest BCUT2D eigenvalue weighted by molar-refractivity contribution is -0.384. The summed E-state index contributed by atoms with van der Waals surface area (Å²) >= 11 is 3.46. The molecule has 4 nitrogen and oxygen atoms in total. The van der Waals surface area contributed by atoms with Gasteiger partial charge in [-0.2, -0.15) is 0 Å². The van der Waals surface area contributed by atoms with E-state index in [1.807, 2.05) is 25.1 Å². The number of nitro groups is 1. The maximum Gasteiger partial charge on any atom is 0.269 e. The zero-order chi connectivity index (χ0) is 15.4. The Balaban J connectivity index is 2.12. The van der Waals surface area contributed by atoms with E-state index in [9.17, 15) is 10.1 Å². The number of hydrogen-bond donors (Lipinski definition) is 1. The Morgan fingerprint density at radius 1 is 1.05 bits per heavy atom. The molecular weight excluding hydrogens is 332 g/mol. The highest BCUT2D eigenvalue weighted by Crippen LogP contribution is 2.23. The van der Waals surface area contributed by atoms with E-state index in [2.05, 4.69) is 40.3 Å². The van der Waals surface area contributed by atoms with Crippen molar-refractivity contribution in [2.24, 2.45) is 0 Å². The fourth-order valence-corrected chi connectivity index (χ4v) is 2.67. The zero-order valence-electron chi connectivity index (χ0n) is 11.9. The van der Waals surface area contributed by atoms with Gasteiger partial charge in [-0.05, 0) is 37.1 Å². The number of nitrogens with one attached hydrogen (secondary N) is 1. The van der Waals surface area contributed by atoms with Crippen molar-refractivity contribution in [3.63, 3.8) is 0 Å². The summed E-state index contributed by atoms with van der Waals surface area (Å²) < 4.78 is 1.04. The first-order valence-corrected chi connectivity index (χ1v) is 7.52. The monoisotopic (exact) mass is 348 g/mol. The van der Waals surface area contributed by atoms with E-state index in [-0.39, 0.29) is 22.7 Å². The Kier molecular flexibility index (Phi) is 5.09. The Morgan fingerprint density at radius 3 is 2.19 bits per heavy atom. The molecule has 1 N–H and O–H groups in total. The fourth-order valence-electron chi connectivity index (χ4n) is 2.25. The van der Waals surface area contributed by atoms with Crippen molar-refractivity contribution < 1.29 is 4.92 Å². The normalized spacial score (nSPS) is 13.7. The number of nitrogens with zero attached hydrogens (tertiary/aromatic N) is 1. The van der Waals surface area contributed by atoms with Crippen LogP contribution in [0.1, 0.15) is 37.1 Å². The van der Waals surface area contributed by atoms with E-state index in [0.717, 1.165) is 10.0 Å². The van der Waals surface area contributed by atoms with Crippen molar-refractivity contribution in [3.05, 3.63) is 74.2 Å². The third-order valence-electron chi connectivity index (χ3n) is 3.43. The molecule has 2 aromatic carbocycles. The number of rotatable bonds is 5. The van der Waals surface area contributed by atoms with Crippen molar-refractivity contribution in [2.45, 2.75) is 25.9 Å². The molecule has 21 heavy (non-hydrogen) atoms. The Labute approximate surface area is 132 Å². The zero-order valence-corrected chi connectivity index (χ0v) is 13.5. The van der Waals surface area contributed by atoms with E-state index < -0.39 is 0 Å². The second kappa shape index (κ2) is 6.83. The summed E-state index contributed by atoms with van der Waals surface area (Å²) in [6.07, 6.45) is 0. The molecule has 0 aliphatic carbocycles. The SMILES string of the molecule is CC(NC(C)c1cccc([N+](=O)[O-])c1)c1cccc(Br)c1. The topological polar surface area (TPSA) is 55.2 Å². The number of benzene rings is 2. The van der Waals surface area contributed by atoms with Crippen molar-refractivity contribution in [1.29, 1.82) is 0 Å². The van der Waals surface area contributed by atoms with E-state index in [4.69, 9.17) is 0 Å². The molecule has 0 aliphatic heterocycles. The molecule has 2 aromatic rings. The molecular formula is C16H17BrN2O2. The summed E-state index contributed by atoms with van der Waals surface area (Å²) in [7, 11) is 0. The van der Waals surface area contributed by atoms with Gasteiger partial charge in [0.1, 0.15) is 0 Å². The minimum atomic E-state index is -0.367. The van der Waals surface area contributed by atoms with Crippen LogP contribution in [-0.4, -0.2) is 4.92 Å². The van der Waals surface area contributed by atoms with Gasteiger partial charge in [-0.25, -0.2) is 0 Å². The number of hydrogen-bond acceptors (Lipinski definition) is 3. The third-order valence-corrected chi connectivity index (χ3v) is 3.92. The van der Waals surface area contributed by atoms with Crippen LogP contribution in [0.3, 0.4) is 0 Å². The van der Waals surface area contributed by atoms with Crippen LogP contribution in [0.2, 0.25) is 0 Å². The number of non-ortho nitro benzene ring substituents is 1. The molecule has 0 heterocycles. The van der Waals surface area contributed by atoms with Crippen LogP contribution in [0.5, 0.6) is 0 Å². The van der Waals surface area contributed by atoms with E-state index in [1.54, 1.807) is 12.1 Å². The van der Waals surface area contributed by atoms with Crippen molar-refractivity contribution in [1.82, 2.24) is 5.32 Å². The van der Waals surface area contributed by atoms with Gasteiger partial charge in [0.25, 0.3) is 5.69 Å². The summed E-state index contributed by atoms with van der Waals surface area (Å²) in [6.45, 7) is 4.09. The lowest BCUT2D eigenvalue weighted by atomic mass is 10.0. The summed E-state index contributed by atoms with van der Waals surface area (Å²) in [6, 6.07) is 15.0. The van der Waals surface area contributed by atoms with Crippen LogP contribution in [-0.2, 0) is 0 Å². The summed E-state index contributed by atoms with van der Waals surface area (Å²) in [5, 5.41) is 14.3. The van der Waals surface area contributed by atoms with Crippen LogP contribution in [0.4, 0.5) is 5.69 Å². The molecule has 0 amide bonds. The first-order chi connectivity index (χ1) is 9.97. The molecule has 0 aliphatic rings. The van der Waals surface area contributed by atoms with Gasteiger partial charge in [0, 0.05) is 28.7 Å². The highest BCUT2D eigenvalue weighted by Gasteiger charge is 2.14. The molecule has 0 aromatic heterocycles. The van der Waals surface area contributed by atoms with E-state index >= 15 is 0 Å². The van der Waals surface area contributed by atoms with Gasteiger partial charge in [-0.1, -0.05) is 40.2 Å². The largest absolute Gasteiger partial charge is 0.304 e. The minimum absolute atomic E-state index is 0.0267. The molecule has 2 atom stereocenters. The predicted molar refractivity (Wildman–Crippen MR) is 87.2 cm³/mol. The second-order valence-corrected chi connectivity index (χ2v) is 5.93. The molecule has 2 unspecified atom stereocenters. The lowest BCUT2D eigenvalue weighted by Crippen LogP contribution is -2.22. The number of nitro benzene ring substituents is 1. The second-order valence-electron chi connectivity index (χ2n) is 5.02. The van der Waals surface area contributed by atoms with Crippen molar-refractivity contribution >= 4 is 21.6 Å². The van der Waals surface area contributed by atoms with Crippen LogP contribution in [0.25, 0.3) is 0 Å². The van der Waals surface area contributed by atoms with Crippen LogP contribution < -0.4 is 5.32 Å². The Bertz CT molecular complexity index is 646. The molecule has 0 bridgehead atoms. The molecule has 0 radical (unpaired) electrons. The lowest BCUT2D eigenvalue weighted by Gasteiger charge is -2.21.